The van der Waals surface area contributed by atoms with Gasteiger partial charge in [-0.25, -0.2) is 4.79 Å². The molecule has 4 rings (SSSR count). The van der Waals surface area contributed by atoms with Crippen molar-refractivity contribution in [2.75, 3.05) is 20.3 Å². The van der Waals surface area contributed by atoms with Crippen molar-refractivity contribution in [3.8, 4) is 0 Å². The Labute approximate surface area is 188 Å². The van der Waals surface area contributed by atoms with Crippen molar-refractivity contribution in [2.45, 2.75) is 84.8 Å². The van der Waals surface area contributed by atoms with E-state index in [0.29, 0.717) is 30.3 Å². The van der Waals surface area contributed by atoms with Gasteiger partial charge < -0.3 is 14.2 Å². The number of methoxy groups -OCH3 is 1. The Hall–Kier alpha value is -1.13. The summed E-state index contributed by atoms with van der Waals surface area (Å²) in [7, 11) is 1.77. The smallest absolute Gasteiger partial charge is 0.333 e. The van der Waals surface area contributed by atoms with Crippen LogP contribution in [-0.4, -0.2) is 38.5 Å². The molecular weight excluding hydrogens is 388 g/mol. The number of hydrogen-bond donors (Lipinski definition) is 0. The molecule has 0 heterocycles. The van der Waals surface area contributed by atoms with Crippen LogP contribution < -0.4 is 0 Å². The number of rotatable bonds is 9. The molecule has 0 radical (unpaired) electrons. The monoisotopic (exact) mass is 430 g/mol. The molecule has 4 heteroatoms. The second kappa shape index (κ2) is 8.67. The molecule has 0 aromatic carbocycles. The summed E-state index contributed by atoms with van der Waals surface area (Å²) in [6.45, 7) is 14.1. The first-order valence-corrected chi connectivity index (χ1v) is 12.3. The lowest BCUT2D eigenvalue weighted by atomic mass is 9.68. The van der Waals surface area contributed by atoms with Gasteiger partial charge in [-0.1, -0.05) is 32.1 Å². The minimum Gasteiger partial charge on any atom is -0.459 e. The van der Waals surface area contributed by atoms with Gasteiger partial charge in [0.2, 0.25) is 0 Å². The fourth-order valence-electron chi connectivity index (χ4n) is 7.61. The normalized spacial score (nSPS) is 40.5. The maximum Gasteiger partial charge on any atom is 0.333 e. The average Bonchev–Trinajstić information content (AvgIpc) is 3.43. The predicted octanol–water partition coefficient (Wildman–Crippen LogP) is 5.71. The molecule has 0 amide bonds. The van der Waals surface area contributed by atoms with Crippen LogP contribution in [0, 0.1) is 34.5 Å². The molecule has 0 aromatic heterocycles. The third-order valence-corrected chi connectivity index (χ3v) is 9.22. The number of carbonyl (C=O) groups excluding carboxylic acids is 1. The summed E-state index contributed by atoms with van der Waals surface area (Å²) in [5.74, 6) is 2.28. The van der Waals surface area contributed by atoms with Crippen LogP contribution in [0.3, 0.4) is 0 Å². The average molecular weight is 431 g/mol. The first-order valence-electron chi connectivity index (χ1n) is 12.3. The van der Waals surface area contributed by atoms with Crippen LogP contribution >= 0.6 is 0 Å². The zero-order valence-electron chi connectivity index (χ0n) is 20.2. The molecule has 4 nitrogen and oxygen atoms in total. The molecule has 0 saturated heterocycles. The highest BCUT2D eigenvalue weighted by molar-refractivity contribution is 5.87. The number of ether oxygens (including phenoxy) is 3. The molecule has 0 spiro atoms. The van der Waals surface area contributed by atoms with Crippen molar-refractivity contribution in [3.63, 3.8) is 0 Å². The van der Waals surface area contributed by atoms with E-state index in [2.05, 4.69) is 26.5 Å². The van der Waals surface area contributed by atoms with Crippen LogP contribution in [0.25, 0.3) is 0 Å². The molecule has 7 atom stereocenters. The largest absolute Gasteiger partial charge is 0.459 e. The maximum atomic E-state index is 12.9. The van der Waals surface area contributed by atoms with E-state index >= 15 is 0 Å². The van der Waals surface area contributed by atoms with Crippen molar-refractivity contribution in [1.82, 2.24) is 0 Å². The van der Waals surface area contributed by atoms with E-state index in [-0.39, 0.29) is 29.0 Å². The van der Waals surface area contributed by atoms with Crippen LogP contribution in [0.15, 0.2) is 23.8 Å². The molecule has 174 valence electrons. The lowest BCUT2D eigenvalue weighted by Gasteiger charge is -2.43. The highest BCUT2D eigenvalue weighted by Gasteiger charge is 2.61. The second-order valence-corrected chi connectivity index (χ2v) is 11.7. The highest BCUT2D eigenvalue weighted by atomic mass is 16.5. The van der Waals surface area contributed by atoms with Gasteiger partial charge in [0.25, 0.3) is 0 Å². The van der Waals surface area contributed by atoms with Gasteiger partial charge in [-0.15, -0.1) is 0 Å². The van der Waals surface area contributed by atoms with E-state index in [4.69, 9.17) is 14.2 Å². The molecular formula is C27H42O4. The van der Waals surface area contributed by atoms with Crippen LogP contribution in [0.5, 0.6) is 0 Å². The van der Waals surface area contributed by atoms with Crippen molar-refractivity contribution < 1.29 is 19.0 Å². The van der Waals surface area contributed by atoms with Crippen LogP contribution in [0.4, 0.5) is 0 Å². The Balaban J connectivity index is 1.39. The van der Waals surface area contributed by atoms with Crippen molar-refractivity contribution >= 4 is 5.97 Å². The van der Waals surface area contributed by atoms with E-state index in [0.717, 1.165) is 30.6 Å². The quantitative estimate of drug-likeness (QED) is 0.267. The molecule has 4 saturated carbocycles. The summed E-state index contributed by atoms with van der Waals surface area (Å²) in [5, 5.41) is 0. The topological polar surface area (TPSA) is 44.8 Å². The molecule has 0 aliphatic heterocycles. The van der Waals surface area contributed by atoms with E-state index in [1.54, 1.807) is 7.11 Å². The number of carbonyl (C=O) groups is 1. The van der Waals surface area contributed by atoms with Gasteiger partial charge in [0, 0.05) is 30.6 Å². The van der Waals surface area contributed by atoms with Crippen LogP contribution in [0.1, 0.15) is 72.6 Å². The van der Waals surface area contributed by atoms with Gasteiger partial charge in [0.1, 0.15) is 6.10 Å². The minimum absolute atomic E-state index is 0.0702. The minimum atomic E-state index is -0.128. The van der Waals surface area contributed by atoms with Gasteiger partial charge in [-0.05, 0) is 82.0 Å². The summed E-state index contributed by atoms with van der Waals surface area (Å²) in [6, 6.07) is 0. The number of esters is 1. The Morgan fingerprint density at radius 3 is 2.68 bits per heavy atom. The van der Waals surface area contributed by atoms with Crippen molar-refractivity contribution in [3.05, 3.63) is 23.8 Å². The van der Waals surface area contributed by atoms with Crippen molar-refractivity contribution in [1.29, 1.82) is 0 Å². The van der Waals surface area contributed by atoms with E-state index < -0.39 is 0 Å². The van der Waals surface area contributed by atoms with E-state index in [1.807, 2.05) is 13.8 Å². The standard InChI is InChI=1S/C27H42O4/c1-17(2)15-30-25-26(4,5)20-10-12-27(25,14-20)11-9-18(3)24(28)31-23-13-19-7-8-21(23)22(19)16-29-6/h9,19-23,25H,1,7-8,10-16H2,2-6H3/b18-9-. The van der Waals surface area contributed by atoms with E-state index in [9.17, 15) is 4.79 Å². The Kier molecular flexibility index (Phi) is 6.44. The highest BCUT2D eigenvalue weighted by Crippen LogP contribution is 2.65. The molecule has 4 bridgehead atoms. The summed E-state index contributed by atoms with van der Waals surface area (Å²) in [6.07, 6.45) is 10.4. The first kappa shape index (κ1) is 23.0. The number of fused-ring (bicyclic) bond motifs is 4. The number of hydrogen-bond acceptors (Lipinski definition) is 4. The van der Waals surface area contributed by atoms with Gasteiger partial charge in [-0.2, -0.15) is 0 Å². The maximum absolute atomic E-state index is 12.9. The molecule has 31 heavy (non-hydrogen) atoms. The third-order valence-electron chi connectivity index (χ3n) is 9.22. The Morgan fingerprint density at radius 2 is 1.97 bits per heavy atom. The number of allylic oxidation sites excluding steroid dienone is 1. The zero-order chi connectivity index (χ0) is 22.4. The lowest BCUT2D eigenvalue weighted by molar-refractivity contribution is -0.147. The predicted molar refractivity (Wildman–Crippen MR) is 123 cm³/mol. The summed E-state index contributed by atoms with van der Waals surface area (Å²) >= 11 is 0. The van der Waals surface area contributed by atoms with E-state index in [1.165, 1.54) is 32.1 Å². The molecule has 7 unspecified atom stereocenters. The Bertz CT molecular complexity index is 738. The molecule has 4 aliphatic carbocycles. The molecule has 4 aliphatic rings. The van der Waals surface area contributed by atoms with Crippen molar-refractivity contribution in [2.24, 2.45) is 34.5 Å². The first-order chi connectivity index (χ1) is 14.7. The van der Waals surface area contributed by atoms with Crippen LogP contribution in [0.2, 0.25) is 0 Å². The van der Waals surface area contributed by atoms with Gasteiger partial charge >= 0.3 is 5.97 Å². The lowest BCUT2D eigenvalue weighted by Crippen LogP contribution is -2.43. The second-order valence-electron chi connectivity index (χ2n) is 11.7. The fraction of sp³-hybridized carbons (Fsp3) is 0.815. The fourth-order valence-corrected chi connectivity index (χ4v) is 7.61. The zero-order valence-corrected chi connectivity index (χ0v) is 20.2. The van der Waals surface area contributed by atoms with Gasteiger partial charge in [0.05, 0.1) is 12.7 Å². The summed E-state index contributed by atoms with van der Waals surface area (Å²) < 4.78 is 17.9. The summed E-state index contributed by atoms with van der Waals surface area (Å²) in [4.78, 5) is 12.9. The third kappa shape index (κ3) is 4.15. The summed E-state index contributed by atoms with van der Waals surface area (Å²) in [5.41, 5.74) is 2.14. The molecule has 0 N–H and O–H groups in total. The SMILES string of the molecule is C=C(C)COC1C2(C/C=C(/C)C(=O)OC3CC4CCC3C4COC)CCC(C2)C1(C)C. The van der Waals surface area contributed by atoms with Gasteiger partial charge in [0.15, 0.2) is 0 Å². The molecule has 4 fully saturated rings. The van der Waals surface area contributed by atoms with Crippen LogP contribution in [-0.2, 0) is 19.0 Å². The van der Waals surface area contributed by atoms with Gasteiger partial charge in [-0.3, -0.25) is 0 Å². The molecule has 0 aromatic rings. The Morgan fingerprint density at radius 1 is 1.19 bits per heavy atom.